The Morgan fingerprint density at radius 2 is 1.36 bits per heavy atom. The predicted octanol–water partition coefficient (Wildman–Crippen LogP) is 7.02. The quantitative estimate of drug-likeness (QED) is 0.246. The second-order valence-electron chi connectivity index (χ2n) is 7.98. The molecule has 28 heavy (non-hydrogen) atoms. The molecule has 0 N–H and O–H groups in total. The Hall–Kier alpha value is -2.64. The molecule has 4 aromatic carbocycles. The van der Waals surface area contributed by atoms with E-state index in [2.05, 4.69) is 108 Å². The zero-order valence-electron chi connectivity index (χ0n) is 15.7. The zero-order chi connectivity index (χ0) is 18.9. The third-order valence-corrected chi connectivity index (χ3v) is 6.97. The van der Waals surface area contributed by atoms with Crippen LogP contribution < -0.4 is 0 Å². The number of benzene rings is 4. The lowest BCUT2D eigenvalue weighted by Gasteiger charge is -2.40. The van der Waals surface area contributed by atoms with E-state index in [0.29, 0.717) is 0 Å². The Morgan fingerprint density at radius 1 is 0.643 bits per heavy atom. The van der Waals surface area contributed by atoms with Gasteiger partial charge in [-0.1, -0.05) is 94.3 Å². The molecular weight excluding hydrogens is 404 g/mol. The van der Waals surface area contributed by atoms with Crippen LogP contribution in [0.2, 0.25) is 0 Å². The van der Waals surface area contributed by atoms with Gasteiger partial charge < -0.3 is 0 Å². The molecule has 0 aromatic heterocycles. The van der Waals surface area contributed by atoms with E-state index in [1.54, 1.807) is 0 Å². The SMILES string of the molecule is Cc1ccc2c(c1)Cc1ccccc1C21c2ccccc2-c2ccc(Br)cc21. The summed E-state index contributed by atoms with van der Waals surface area (Å²) in [6.45, 7) is 2.20. The molecule has 1 unspecified atom stereocenters. The summed E-state index contributed by atoms with van der Waals surface area (Å²) in [5.41, 5.74) is 12.3. The van der Waals surface area contributed by atoms with Gasteiger partial charge in [-0.15, -0.1) is 0 Å². The zero-order valence-corrected chi connectivity index (χ0v) is 17.3. The lowest BCUT2D eigenvalue weighted by molar-refractivity contribution is 0.721. The first-order valence-electron chi connectivity index (χ1n) is 9.78. The van der Waals surface area contributed by atoms with E-state index < -0.39 is 0 Å². The van der Waals surface area contributed by atoms with Crippen LogP contribution in [0.3, 0.4) is 0 Å². The molecule has 0 fully saturated rings. The van der Waals surface area contributed by atoms with Crippen molar-refractivity contribution in [3.05, 3.63) is 128 Å². The first-order chi connectivity index (χ1) is 13.7. The Morgan fingerprint density at radius 3 is 2.25 bits per heavy atom. The van der Waals surface area contributed by atoms with Crippen LogP contribution in [-0.4, -0.2) is 0 Å². The molecule has 0 nitrogen and oxygen atoms in total. The lowest BCUT2D eigenvalue weighted by atomic mass is 9.61. The van der Waals surface area contributed by atoms with Crippen LogP contribution >= 0.6 is 15.9 Å². The molecule has 0 bridgehead atoms. The summed E-state index contributed by atoms with van der Waals surface area (Å²) in [6, 6.07) is 31.8. The van der Waals surface area contributed by atoms with Crippen LogP contribution in [0.25, 0.3) is 11.1 Å². The largest absolute Gasteiger partial charge is 0.0719 e. The van der Waals surface area contributed by atoms with E-state index in [1.807, 2.05) is 0 Å². The van der Waals surface area contributed by atoms with Crippen molar-refractivity contribution in [2.75, 3.05) is 0 Å². The fraction of sp³-hybridized carbons (Fsp3) is 0.111. The van der Waals surface area contributed by atoms with Crippen LogP contribution in [-0.2, 0) is 11.8 Å². The van der Waals surface area contributed by atoms with Gasteiger partial charge in [0.15, 0.2) is 0 Å². The molecular formula is C27H19Br. The third-order valence-electron chi connectivity index (χ3n) is 6.47. The smallest absolute Gasteiger partial charge is 0.0620 e. The first kappa shape index (κ1) is 16.3. The number of aryl methyl sites for hydroxylation is 1. The fourth-order valence-corrected chi connectivity index (χ4v) is 5.82. The average Bonchev–Trinajstić information content (AvgIpc) is 2.99. The molecule has 1 spiro atoms. The number of hydrogen-bond acceptors (Lipinski definition) is 0. The standard InChI is InChI=1S/C27H19Br/c1-17-10-13-24-19(14-17)15-18-6-2-4-8-23(18)27(24)25-9-5-3-7-21(25)22-12-11-20(28)16-26(22)27/h2-14,16H,15H2,1H3. The summed E-state index contributed by atoms with van der Waals surface area (Å²) >= 11 is 3.75. The molecule has 0 saturated heterocycles. The van der Waals surface area contributed by atoms with Crippen molar-refractivity contribution < 1.29 is 0 Å². The van der Waals surface area contributed by atoms with E-state index in [0.717, 1.165) is 10.9 Å². The predicted molar refractivity (Wildman–Crippen MR) is 119 cm³/mol. The average molecular weight is 423 g/mol. The van der Waals surface area contributed by atoms with Crippen molar-refractivity contribution in [3.63, 3.8) is 0 Å². The van der Waals surface area contributed by atoms with Gasteiger partial charge in [0, 0.05) is 4.47 Å². The maximum atomic E-state index is 3.75. The molecule has 0 saturated carbocycles. The number of rotatable bonds is 0. The highest BCUT2D eigenvalue weighted by atomic mass is 79.9. The van der Waals surface area contributed by atoms with Gasteiger partial charge in [0.1, 0.15) is 0 Å². The van der Waals surface area contributed by atoms with Crippen LogP contribution in [0.1, 0.15) is 38.9 Å². The van der Waals surface area contributed by atoms with Gasteiger partial charge in [-0.25, -0.2) is 0 Å². The number of halogens is 1. The van der Waals surface area contributed by atoms with Crippen molar-refractivity contribution in [2.24, 2.45) is 0 Å². The lowest BCUT2D eigenvalue weighted by Crippen LogP contribution is -2.34. The topological polar surface area (TPSA) is 0 Å². The Balaban J connectivity index is 1.85. The second kappa shape index (κ2) is 5.68. The summed E-state index contributed by atoms with van der Waals surface area (Å²) < 4.78 is 1.13. The fourth-order valence-electron chi connectivity index (χ4n) is 5.46. The minimum Gasteiger partial charge on any atom is -0.0620 e. The summed E-state index contributed by atoms with van der Waals surface area (Å²) in [5.74, 6) is 0. The van der Waals surface area contributed by atoms with E-state index in [-0.39, 0.29) is 5.41 Å². The van der Waals surface area contributed by atoms with Crippen LogP contribution in [0.15, 0.2) is 89.4 Å². The second-order valence-corrected chi connectivity index (χ2v) is 8.90. The minimum absolute atomic E-state index is 0.242. The molecule has 1 heteroatoms. The number of hydrogen-bond donors (Lipinski definition) is 0. The van der Waals surface area contributed by atoms with Crippen molar-refractivity contribution >= 4 is 15.9 Å². The highest BCUT2D eigenvalue weighted by Crippen LogP contribution is 2.59. The van der Waals surface area contributed by atoms with Crippen LogP contribution in [0.4, 0.5) is 0 Å². The molecule has 0 radical (unpaired) electrons. The monoisotopic (exact) mass is 422 g/mol. The van der Waals surface area contributed by atoms with E-state index >= 15 is 0 Å². The minimum atomic E-state index is -0.242. The van der Waals surface area contributed by atoms with Gasteiger partial charge in [-0.05, 0) is 70.0 Å². The van der Waals surface area contributed by atoms with Gasteiger partial charge in [-0.2, -0.15) is 0 Å². The Bertz CT molecular complexity index is 1270. The van der Waals surface area contributed by atoms with Crippen molar-refractivity contribution in [3.8, 4) is 11.1 Å². The van der Waals surface area contributed by atoms with Crippen molar-refractivity contribution in [1.82, 2.24) is 0 Å². The van der Waals surface area contributed by atoms with Gasteiger partial charge in [0.2, 0.25) is 0 Å². The molecule has 0 heterocycles. The third kappa shape index (κ3) is 1.95. The first-order valence-corrected chi connectivity index (χ1v) is 10.6. The van der Waals surface area contributed by atoms with Crippen LogP contribution in [0.5, 0.6) is 0 Å². The molecule has 2 aliphatic carbocycles. The Labute approximate surface area is 174 Å². The van der Waals surface area contributed by atoms with E-state index in [1.165, 1.54) is 50.1 Å². The summed E-state index contributed by atoms with van der Waals surface area (Å²) in [7, 11) is 0. The highest BCUT2D eigenvalue weighted by Gasteiger charge is 2.49. The molecule has 0 amide bonds. The maximum Gasteiger partial charge on any atom is 0.0719 e. The van der Waals surface area contributed by atoms with E-state index in [9.17, 15) is 0 Å². The van der Waals surface area contributed by atoms with E-state index in [4.69, 9.17) is 0 Å². The Kier molecular flexibility index (Phi) is 3.31. The van der Waals surface area contributed by atoms with Gasteiger partial charge in [-0.3, -0.25) is 0 Å². The van der Waals surface area contributed by atoms with Gasteiger partial charge in [0.25, 0.3) is 0 Å². The summed E-state index contributed by atoms with van der Waals surface area (Å²) in [6.07, 6.45) is 1.00. The van der Waals surface area contributed by atoms with Crippen LogP contribution in [0, 0.1) is 6.92 Å². The molecule has 6 rings (SSSR count). The molecule has 1 atom stereocenters. The van der Waals surface area contributed by atoms with Gasteiger partial charge >= 0.3 is 0 Å². The molecule has 4 aromatic rings. The highest BCUT2D eigenvalue weighted by molar-refractivity contribution is 9.10. The molecule has 2 aliphatic rings. The van der Waals surface area contributed by atoms with Gasteiger partial charge in [0.05, 0.1) is 5.41 Å². The summed E-state index contributed by atoms with van der Waals surface area (Å²) in [4.78, 5) is 0. The van der Waals surface area contributed by atoms with Crippen molar-refractivity contribution in [1.29, 1.82) is 0 Å². The summed E-state index contributed by atoms with van der Waals surface area (Å²) in [5, 5.41) is 0. The molecule has 0 aliphatic heterocycles. The maximum absolute atomic E-state index is 3.75. The van der Waals surface area contributed by atoms with Crippen molar-refractivity contribution in [2.45, 2.75) is 18.8 Å². The normalized spacial score (nSPS) is 18.4. The molecule has 134 valence electrons. The number of fused-ring (bicyclic) bond motifs is 9.